The van der Waals surface area contributed by atoms with E-state index in [9.17, 15) is 29.4 Å². The summed E-state index contributed by atoms with van der Waals surface area (Å²) in [4.78, 5) is 51.4. The van der Waals surface area contributed by atoms with Crippen LogP contribution in [-0.2, 0) is 28.6 Å². The fourth-order valence-corrected chi connectivity index (χ4v) is 5.07. The Bertz CT molecular complexity index is 1200. The molecule has 1 aliphatic carbocycles. The van der Waals surface area contributed by atoms with E-state index in [1.165, 1.54) is 27.2 Å². The number of carbonyl (C=O) groups is 4. The largest absolute Gasteiger partial charge is 0.439 e. The molecule has 0 aromatic carbocycles. The standard InChI is InChI=1S/C31H45N3O9/c1-17-13-21-26(33-11-8-12-35)23(36)16-22(28(21)38)34-30(39)18(2)9-7-10-24(41-5)29(43-31(32)40)20(4)15-19(3)27(37)25(14-17)42-6/h7,9-10,15-17,19,24-25,27,29,33,35,37H,8,11-14H2,1-6H3,(H2,32,40)(H,34,39)/b10-7-,18-9+,20-15+/t17-,19+,24-,25+,27-,29+/m1/s1. The molecule has 1 aliphatic heterocycles. The fraction of sp³-hybridized carbons (Fsp3) is 0.548. The molecule has 12 nitrogen and oxygen atoms in total. The van der Waals surface area contributed by atoms with E-state index in [1.807, 2.05) is 6.92 Å². The van der Waals surface area contributed by atoms with E-state index >= 15 is 0 Å². The summed E-state index contributed by atoms with van der Waals surface area (Å²) in [5, 5.41) is 26.0. The lowest BCUT2D eigenvalue weighted by molar-refractivity contribution is -0.120. The second-order valence-electron chi connectivity index (χ2n) is 10.9. The van der Waals surface area contributed by atoms with E-state index in [1.54, 1.807) is 32.1 Å². The number of nitrogens with one attached hydrogen (secondary N) is 2. The third kappa shape index (κ3) is 9.99. The third-order valence-corrected chi connectivity index (χ3v) is 7.43. The van der Waals surface area contributed by atoms with Gasteiger partial charge in [0.05, 0.1) is 23.6 Å². The van der Waals surface area contributed by atoms with Gasteiger partial charge in [0, 0.05) is 50.5 Å². The van der Waals surface area contributed by atoms with Gasteiger partial charge in [0.15, 0.2) is 6.10 Å². The Morgan fingerprint density at radius 1 is 1.16 bits per heavy atom. The summed E-state index contributed by atoms with van der Waals surface area (Å²) in [6.07, 6.45) is 3.98. The molecule has 0 radical (unpaired) electrons. The Morgan fingerprint density at radius 2 is 1.86 bits per heavy atom. The van der Waals surface area contributed by atoms with Gasteiger partial charge in [-0.2, -0.15) is 0 Å². The Labute approximate surface area is 252 Å². The molecule has 0 aromatic rings. The molecule has 238 valence electrons. The number of rotatable bonds is 7. The van der Waals surface area contributed by atoms with Crippen LogP contribution in [0.4, 0.5) is 4.79 Å². The SMILES string of the molecule is CO[C@H]1C[C@H](C)CC2=C(NCCCO)C(=O)C=C(NC(=O)/C(C)=C/C=C\[C@@H](OC)[C@@H](OC(N)=O)/C(C)=C/[C@H](C)[C@H]1O)C2=O. The Balaban J connectivity index is 2.61. The first kappa shape index (κ1) is 35.6. The molecule has 0 fully saturated rings. The molecule has 12 heteroatoms. The lowest BCUT2D eigenvalue weighted by atomic mass is 9.85. The van der Waals surface area contributed by atoms with E-state index in [-0.39, 0.29) is 48.0 Å². The molecule has 6 atom stereocenters. The predicted molar refractivity (Wildman–Crippen MR) is 159 cm³/mol. The zero-order chi connectivity index (χ0) is 32.3. The minimum atomic E-state index is -1.01. The first-order valence-electron chi connectivity index (χ1n) is 14.3. The zero-order valence-electron chi connectivity index (χ0n) is 25.7. The average molecular weight is 604 g/mol. The number of ketones is 2. The minimum Gasteiger partial charge on any atom is -0.439 e. The van der Waals surface area contributed by atoms with Crippen LogP contribution in [-0.4, -0.2) is 85.6 Å². The van der Waals surface area contributed by atoms with Crippen molar-refractivity contribution in [3.63, 3.8) is 0 Å². The summed E-state index contributed by atoms with van der Waals surface area (Å²) in [6.45, 7) is 7.12. The molecule has 1 heterocycles. The van der Waals surface area contributed by atoms with Gasteiger partial charge < -0.3 is 40.8 Å². The summed E-state index contributed by atoms with van der Waals surface area (Å²) >= 11 is 0. The van der Waals surface area contributed by atoms with Gasteiger partial charge in [0.1, 0.15) is 6.10 Å². The van der Waals surface area contributed by atoms with E-state index in [0.29, 0.717) is 18.4 Å². The lowest BCUT2D eigenvalue weighted by Crippen LogP contribution is -2.38. The first-order chi connectivity index (χ1) is 20.3. The van der Waals surface area contributed by atoms with Crippen LogP contribution in [0.2, 0.25) is 0 Å². The van der Waals surface area contributed by atoms with Gasteiger partial charge in [-0.25, -0.2) is 4.79 Å². The molecule has 2 amide bonds. The topological polar surface area (TPSA) is 187 Å². The summed E-state index contributed by atoms with van der Waals surface area (Å²) in [5.41, 5.74) is 6.32. The second-order valence-corrected chi connectivity index (χ2v) is 10.9. The maximum absolute atomic E-state index is 13.6. The molecule has 2 bridgehead atoms. The number of amides is 2. The zero-order valence-corrected chi connectivity index (χ0v) is 25.7. The molecule has 0 unspecified atom stereocenters. The lowest BCUT2D eigenvalue weighted by Gasteiger charge is -2.30. The van der Waals surface area contributed by atoms with Gasteiger partial charge in [-0.15, -0.1) is 0 Å². The summed E-state index contributed by atoms with van der Waals surface area (Å²) in [7, 11) is 2.90. The smallest absolute Gasteiger partial charge is 0.405 e. The van der Waals surface area contributed by atoms with Gasteiger partial charge in [-0.05, 0) is 44.6 Å². The minimum absolute atomic E-state index is 0.0919. The molecule has 6 N–H and O–H groups in total. The van der Waals surface area contributed by atoms with Crippen LogP contribution >= 0.6 is 0 Å². The first-order valence-corrected chi connectivity index (χ1v) is 14.3. The molecule has 0 spiro atoms. The van der Waals surface area contributed by atoms with Crippen LogP contribution in [0.25, 0.3) is 0 Å². The maximum atomic E-state index is 13.6. The molecule has 0 saturated carbocycles. The highest BCUT2D eigenvalue weighted by Gasteiger charge is 2.33. The van der Waals surface area contributed by atoms with Crippen LogP contribution in [0.15, 0.2) is 58.5 Å². The molecular weight excluding hydrogens is 558 g/mol. The third-order valence-electron chi connectivity index (χ3n) is 7.43. The van der Waals surface area contributed by atoms with Crippen LogP contribution in [0.1, 0.15) is 47.0 Å². The highest BCUT2D eigenvalue weighted by Crippen LogP contribution is 2.28. The Hall–Kier alpha value is -3.58. The van der Waals surface area contributed by atoms with Crippen LogP contribution in [0.5, 0.6) is 0 Å². The molecule has 0 saturated heterocycles. The summed E-state index contributed by atoms with van der Waals surface area (Å²) in [5.74, 6) is -2.25. The van der Waals surface area contributed by atoms with E-state index < -0.39 is 53.9 Å². The van der Waals surface area contributed by atoms with Crippen molar-refractivity contribution in [1.82, 2.24) is 10.6 Å². The Morgan fingerprint density at radius 3 is 2.47 bits per heavy atom. The number of ether oxygens (including phenoxy) is 3. The van der Waals surface area contributed by atoms with Crippen LogP contribution in [0.3, 0.4) is 0 Å². The van der Waals surface area contributed by atoms with Crippen molar-refractivity contribution < 1.29 is 43.6 Å². The van der Waals surface area contributed by atoms with E-state index in [2.05, 4.69) is 10.6 Å². The number of methoxy groups -OCH3 is 2. The number of hydrogen-bond acceptors (Lipinski definition) is 10. The number of hydrogen-bond donors (Lipinski definition) is 5. The number of Topliss-reactive ketones (excluding diaryl/α,β-unsaturated/α-hetero) is 1. The van der Waals surface area contributed by atoms with Gasteiger partial charge in [0.25, 0.3) is 5.91 Å². The highest BCUT2D eigenvalue weighted by atomic mass is 16.6. The second kappa shape index (κ2) is 16.9. The van der Waals surface area contributed by atoms with Gasteiger partial charge >= 0.3 is 6.09 Å². The van der Waals surface area contributed by atoms with E-state index in [4.69, 9.17) is 19.9 Å². The van der Waals surface area contributed by atoms with Crippen molar-refractivity contribution >= 4 is 23.6 Å². The molecule has 2 rings (SSSR count). The maximum Gasteiger partial charge on any atom is 0.405 e. The highest BCUT2D eigenvalue weighted by molar-refractivity contribution is 6.23. The van der Waals surface area contributed by atoms with Gasteiger partial charge in [-0.3, -0.25) is 14.4 Å². The number of aliphatic hydroxyl groups is 2. The molecule has 43 heavy (non-hydrogen) atoms. The number of allylic oxidation sites excluding steroid dienone is 4. The molecule has 2 aliphatic rings. The number of primary amides is 1. The van der Waals surface area contributed by atoms with Crippen molar-refractivity contribution in [3.8, 4) is 0 Å². The van der Waals surface area contributed by atoms with Crippen molar-refractivity contribution in [2.24, 2.45) is 17.6 Å². The quantitative estimate of drug-likeness (QED) is 0.163. The number of carbonyl (C=O) groups excluding carboxylic acids is 4. The monoisotopic (exact) mass is 603 g/mol. The number of fused-ring (bicyclic) bond motifs is 2. The number of nitrogens with two attached hydrogens (primary N) is 1. The van der Waals surface area contributed by atoms with Crippen molar-refractivity contribution in [3.05, 3.63) is 58.5 Å². The Kier molecular flexibility index (Phi) is 14.0. The summed E-state index contributed by atoms with van der Waals surface area (Å²) < 4.78 is 16.6. The number of aliphatic hydroxyl groups excluding tert-OH is 2. The molecular formula is C31H45N3O9. The summed E-state index contributed by atoms with van der Waals surface area (Å²) in [6, 6.07) is 0. The van der Waals surface area contributed by atoms with Gasteiger partial charge in [-0.1, -0.05) is 38.2 Å². The van der Waals surface area contributed by atoms with Crippen molar-refractivity contribution in [2.75, 3.05) is 27.4 Å². The molecule has 0 aromatic heterocycles. The van der Waals surface area contributed by atoms with E-state index in [0.717, 1.165) is 6.08 Å². The fourth-order valence-electron chi connectivity index (χ4n) is 5.07. The van der Waals surface area contributed by atoms with Gasteiger partial charge in [0.2, 0.25) is 11.6 Å². The normalized spacial score (nSPS) is 31.3. The van der Waals surface area contributed by atoms with Crippen molar-refractivity contribution in [1.29, 1.82) is 0 Å². The van der Waals surface area contributed by atoms with Crippen LogP contribution in [0, 0.1) is 11.8 Å². The van der Waals surface area contributed by atoms with Crippen LogP contribution < -0.4 is 16.4 Å². The predicted octanol–water partition coefficient (Wildman–Crippen LogP) is 1.73. The van der Waals surface area contributed by atoms with Crippen molar-refractivity contribution in [2.45, 2.75) is 71.4 Å². The average Bonchev–Trinajstić information content (AvgIpc) is 2.95.